The molecule has 21 heavy (non-hydrogen) atoms. The van der Waals surface area contributed by atoms with Crippen molar-refractivity contribution in [1.82, 2.24) is 10.1 Å². The lowest BCUT2D eigenvalue weighted by atomic mass is 9.80. The van der Waals surface area contributed by atoms with Crippen LogP contribution in [0.2, 0.25) is 0 Å². The normalized spacial score (nSPS) is 34.0. The Morgan fingerprint density at radius 1 is 1.10 bits per heavy atom. The second kappa shape index (κ2) is 6.91. The van der Waals surface area contributed by atoms with Gasteiger partial charge < -0.3 is 10.3 Å². The summed E-state index contributed by atoms with van der Waals surface area (Å²) in [6.45, 7) is 2.28. The Bertz CT molecular complexity index is 437. The molecule has 0 aromatic carbocycles. The molecule has 118 valence electrons. The second-order valence-corrected chi connectivity index (χ2v) is 7.05. The summed E-state index contributed by atoms with van der Waals surface area (Å²) in [5, 5.41) is 4.28. The van der Waals surface area contributed by atoms with Gasteiger partial charge in [-0.25, -0.2) is 0 Å². The summed E-state index contributed by atoms with van der Waals surface area (Å²) in [7, 11) is 0. The number of nitrogens with zero attached hydrogens (tertiary/aromatic N) is 2. The fraction of sp³-hybridized carbons (Fsp3) is 0.882. The molecule has 3 rings (SSSR count). The van der Waals surface area contributed by atoms with Crippen molar-refractivity contribution in [3.63, 3.8) is 0 Å². The lowest BCUT2D eigenvalue weighted by Crippen LogP contribution is -2.31. The van der Waals surface area contributed by atoms with Gasteiger partial charge in [-0.1, -0.05) is 37.8 Å². The summed E-state index contributed by atoms with van der Waals surface area (Å²) in [6.07, 6.45) is 12.4. The molecule has 1 aromatic heterocycles. The molecule has 0 amide bonds. The molecule has 2 atom stereocenters. The van der Waals surface area contributed by atoms with Crippen LogP contribution < -0.4 is 5.73 Å². The van der Waals surface area contributed by atoms with E-state index in [0.717, 1.165) is 30.5 Å². The van der Waals surface area contributed by atoms with Crippen LogP contribution in [0.1, 0.15) is 94.7 Å². The molecule has 1 heterocycles. The molecule has 0 radical (unpaired) electrons. The van der Waals surface area contributed by atoms with E-state index in [2.05, 4.69) is 12.1 Å². The van der Waals surface area contributed by atoms with Gasteiger partial charge in [0, 0.05) is 12.0 Å². The van der Waals surface area contributed by atoms with Gasteiger partial charge in [0.05, 0.1) is 5.92 Å². The first-order valence-corrected chi connectivity index (χ1v) is 8.87. The minimum atomic E-state index is 0.201. The van der Waals surface area contributed by atoms with Gasteiger partial charge in [0.25, 0.3) is 0 Å². The van der Waals surface area contributed by atoms with Crippen LogP contribution >= 0.6 is 0 Å². The molecule has 2 unspecified atom stereocenters. The smallest absolute Gasteiger partial charge is 0.231 e. The van der Waals surface area contributed by atoms with Gasteiger partial charge in [-0.05, 0) is 44.4 Å². The molecule has 4 heteroatoms. The van der Waals surface area contributed by atoms with Crippen molar-refractivity contribution in [2.45, 2.75) is 89.0 Å². The highest BCUT2D eigenvalue weighted by molar-refractivity contribution is 5.04. The molecule has 2 fully saturated rings. The summed E-state index contributed by atoms with van der Waals surface area (Å²) < 4.78 is 5.56. The Hall–Kier alpha value is -0.900. The van der Waals surface area contributed by atoms with Crippen LogP contribution in [-0.4, -0.2) is 16.2 Å². The Morgan fingerprint density at radius 3 is 2.57 bits per heavy atom. The first-order valence-electron chi connectivity index (χ1n) is 8.87. The van der Waals surface area contributed by atoms with Gasteiger partial charge in [0.15, 0.2) is 5.82 Å². The average Bonchev–Trinajstić information content (AvgIpc) is 2.98. The minimum Gasteiger partial charge on any atom is -0.339 e. The van der Waals surface area contributed by atoms with Crippen molar-refractivity contribution in [3.8, 4) is 0 Å². The fourth-order valence-electron chi connectivity index (χ4n) is 4.15. The van der Waals surface area contributed by atoms with Crippen LogP contribution in [0.5, 0.6) is 0 Å². The molecule has 0 saturated heterocycles. The highest BCUT2D eigenvalue weighted by Gasteiger charge is 2.30. The second-order valence-electron chi connectivity index (χ2n) is 7.05. The molecule has 1 aromatic rings. The molecule has 0 spiro atoms. The maximum absolute atomic E-state index is 6.22. The maximum Gasteiger partial charge on any atom is 0.231 e. The van der Waals surface area contributed by atoms with Crippen LogP contribution in [0.15, 0.2) is 4.52 Å². The number of hydrogen-bond donors (Lipinski definition) is 1. The van der Waals surface area contributed by atoms with E-state index in [4.69, 9.17) is 15.2 Å². The molecule has 2 saturated carbocycles. The van der Waals surface area contributed by atoms with Crippen LogP contribution in [0.4, 0.5) is 0 Å². The summed E-state index contributed by atoms with van der Waals surface area (Å²) in [6, 6.07) is 0.201. The van der Waals surface area contributed by atoms with Gasteiger partial charge in [0.2, 0.25) is 5.89 Å². The summed E-state index contributed by atoms with van der Waals surface area (Å²) in [4.78, 5) is 4.72. The number of rotatable bonds is 4. The largest absolute Gasteiger partial charge is 0.339 e. The quantitative estimate of drug-likeness (QED) is 0.906. The van der Waals surface area contributed by atoms with Gasteiger partial charge in [-0.2, -0.15) is 4.98 Å². The summed E-state index contributed by atoms with van der Waals surface area (Å²) in [5.41, 5.74) is 6.22. The van der Waals surface area contributed by atoms with E-state index >= 15 is 0 Å². The fourth-order valence-corrected chi connectivity index (χ4v) is 4.15. The summed E-state index contributed by atoms with van der Waals surface area (Å²) in [5.74, 6) is 3.46. The van der Waals surface area contributed by atoms with Crippen molar-refractivity contribution in [2.24, 2.45) is 11.7 Å². The lowest BCUT2D eigenvalue weighted by Gasteiger charge is -2.26. The minimum absolute atomic E-state index is 0.201. The predicted octanol–water partition coefficient (Wildman–Crippen LogP) is 4.13. The Labute approximate surface area is 127 Å². The van der Waals surface area contributed by atoms with E-state index in [1.807, 2.05) is 0 Å². The number of aromatic nitrogens is 2. The van der Waals surface area contributed by atoms with Crippen molar-refractivity contribution in [3.05, 3.63) is 11.7 Å². The van der Waals surface area contributed by atoms with Crippen molar-refractivity contribution < 1.29 is 4.52 Å². The predicted molar refractivity (Wildman–Crippen MR) is 83.1 cm³/mol. The Morgan fingerprint density at radius 2 is 1.86 bits per heavy atom. The zero-order valence-corrected chi connectivity index (χ0v) is 13.3. The zero-order valence-electron chi connectivity index (χ0n) is 13.3. The van der Waals surface area contributed by atoms with Gasteiger partial charge in [-0.3, -0.25) is 0 Å². The third-order valence-corrected chi connectivity index (χ3v) is 5.50. The van der Waals surface area contributed by atoms with E-state index in [1.165, 1.54) is 51.4 Å². The van der Waals surface area contributed by atoms with Crippen molar-refractivity contribution in [2.75, 3.05) is 0 Å². The van der Waals surface area contributed by atoms with Crippen LogP contribution in [0, 0.1) is 5.92 Å². The average molecular weight is 291 g/mol. The number of nitrogens with two attached hydrogens (primary N) is 1. The lowest BCUT2D eigenvalue weighted by molar-refractivity contribution is 0.280. The molecule has 4 nitrogen and oxygen atoms in total. The van der Waals surface area contributed by atoms with E-state index < -0.39 is 0 Å². The monoisotopic (exact) mass is 291 g/mol. The van der Waals surface area contributed by atoms with Crippen LogP contribution in [-0.2, 0) is 0 Å². The Balaban J connectivity index is 1.60. The van der Waals surface area contributed by atoms with Gasteiger partial charge in [0.1, 0.15) is 0 Å². The molecule has 2 aliphatic rings. The van der Waals surface area contributed by atoms with Crippen LogP contribution in [0.3, 0.4) is 0 Å². The SMILES string of the molecule is CCCC1CCC(c2noc(C3CCCCC3N)n2)CC1. The van der Waals surface area contributed by atoms with E-state index in [-0.39, 0.29) is 12.0 Å². The maximum atomic E-state index is 6.22. The molecule has 2 N–H and O–H groups in total. The van der Waals surface area contributed by atoms with E-state index in [9.17, 15) is 0 Å². The summed E-state index contributed by atoms with van der Waals surface area (Å²) >= 11 is 0. The Kier molecular flexibility index (Phi) is 4.94. The standard InChI is InChI=1S/C17H29N3O/c1-2-5-12-8-10-13(11-9-12)16-19-17(21-20-16)14-6-3-4-7-15(14)18/h12-15H,2-11,18H2,1H3. The van der Waals surface area contributed by atoms with Gasteiger partial charge >= 0.3 is 0 Å². The number of hydrogen-bond acceptors (Lipinski definition) is 4. The van der Waals surface area contributed by atoms with E-state index in [0.29, 0.717) is 5.92 Å². The van der Waals surface area contributed by atoms with Crippen LogP contribution in [0.25, 0.3) is 0 Å². The topological polar surface area (TPSA) is 64.9 Å². The van der Waals surface area contributed by atoms with E-state index in [1.54, 1.807) is 0 Å². The molecular weight excluding hydrogens is 262 g/mol. The van der Waals surface area contributed by atoms with Gasteiger partial charge in [-0.15, -0.1) is 0 Å². The molecule has 2 aliphatic carbocycles. The molecule has 0 bridgehead atoms. The first-order chi connectivity index (χ1) is 10.3. The third kappa shape index (κ3) is 3.47. The third-order valence-electron chi connectivity index (χ3n) is 5.50. The zero-order chi connectivity index (χ0) is 14.7. The van der Waals surface area contributed by atoms with Crippen molar-refractivity contribution in [1.29, 1.82) is 0 Å². The molecular formula is C17H29N3O. The first kappa shape index (κ1) is 15.0. The highest BCUT2D eigenvalue weighted by Crippen LogP contribution is 2.37. The van der Waals surface area contributed by atoms with Crippen molar-refractivity contribution >= 4 is 0 Å². The molecule has 0 aliphatic heterocycles. The highest BCUT2D eigenvalue weighted by atomic mass is 16.5.